The van der Waals surface area contributed by atoms with E-state index in [-0.39, 0.29) is 17.9 Å². The summed E-state index contributed by atoms with van der Waals surface area (Å²) in [4.78, 5) is 12.0. The van der Waals surface area contributed by atoms with Crippen LogP contribution in [0.15, 0.2) is 12.7 Å². The molecule has 2 atom stereocenters. The summed E-state index contributed by atoms with van der Waals surface area (Å²) < 4.78 is 5.39. The molecule has 2 unspecified atom stereocenters. The largest absolute Gasteiger partial charge is 0.379 e. The van der Waals surface area contributed by atoms with Gasteiger partial charge in [0.25, 0.3) is 0 Å². The monoisotopic (exact) mass is 272 g/mol. The molecule has 0 aromatic heterocycles. The number of amides is 1. The third kappa shape index (κ3) is 5.42. The van der Waals surface area contributed by atoms with E-state index in [1.165, 1.54) is 0 Å². The fraction of sp³-hybridized carbons (Fsp3) is 0.769. The van der Waals surface area contributed by atoms with Crippen LogP contribution in [0.25, 0.3) is 0 Å². The van der Waals surface area contributed by atoms with Gasteiger partial charge in [0.2, 0.25) is 5.91 Å². The minimum atomic E-state index is -0.0408. The van der Waals surface area contributed by atoms with Crippen molar-refractivity contribution in [1.29, 1.82) is 0 Å². The van der Waals surface area contributed by atoms with E-state index in [1.807, 2.05) is 6.08 Å². The van der Waals surface area contributed by atoms with Gasteiger partial charge in [-0.05, 0) is 13.0 Å². The van der Waals surface area contributed by atoms with Crippen LogP contribution in [-0.4, -0.2) is 49.8 Å². The molecule has 0 aliphatic carbocycles. The molecule has 1 rings (SSSR count). The maximum absolute atomic E-state index is 12.0. The Bertz CT molecular complexity index is 261. The number of hydrogen-bond donors (Lipinski definition) is 2. The van der Waals surface area contributed by atoms with Gasteiger partial charge in [-0.3, -0.25) is 4.79 Å². The van der Waals surface area contributed by atoms with Crippen LogP contribution in [0.2, 0.25) is 0 Å². The molecule has 0 aromatic carbocycles. The van der Waals surface area contributed by atoms with Gasteiger partial charge >= 0.3 is 0 Å². The van der Waals surface area contributed by atoms with Gasteiger partial charge in [-0.2, -0.15) is 11.8 Å². The Morgan fingerprint density at radius 3 is 3.06 bits per heavy atom. The van der Waals surface area contributed by atoms with E-state index in [0.29, 0.717) is 19.8 Å². The molecule has 1 aliphatic heterocycles. The highest BCUT2D eigenvalue weighted by Gasteiger charge is 2.33. The van der Waals surface area contributed by atoms with E-state index in [2.05, 4.69) is 24.1 Å². The first-order valence-corrected chi connectivity index (χ1v) is 7.72. The standard InChI is InChI=1S/C13H24N2O2S/c1-3-5-14-12-10-17-9-11(12)13(16)15-6-8-18-7-4-2/h4,11-12,14H,2-3,5-10H2,1H3,(H,15,16). The van der Waals surface area contributed by atoms with E-state index in [9.17, 15) is 4.79 Å². The summed E-state index contributed by atoms with van der Waals surface area (Å²) >= 11 is 1.77. The van der Waals surface area contributed by atoms with Crippen molar-refractivity contribution in [2.75, 3.05) is 37.8 Å². The summed E-state index contributed by atoms with van der Waals surface area (Å²) in [5, 5.41) is 6.34. The Morgan fingerprint density at radius 2 is 2.33 bits per heavy atom. The van der Waals surface area contributed by atoms with Crippen molar-refractivity contribution in [3.8, 4) is 0 Å². The summed E-state index contributed by atoms with van der Waals surface area (Å²) in [7, 11) is 0. The molecule has 5 heteroatoms. The van der Waals surface area contributed by atoms with Crippen LogP contribution in [0.4, 0.5) is 0 Å². The van der Waals surface area contributed by atoms with E-state index in [1.54, 1.807) is 11.8 Å². The van der Waals surface area contributed by atoms with Crippen LogP contribution in [0.1, 0.15) is 13.3 Å². The number of ether oxygens (including phenoxy) is 1. The average Bonchev–Trinajstić information content (AvgIpc) is 2.84. The van der Waals surface area contributed by atoms with Gasteiger partial charge in [0.05, 0.1) is 19.1 Å². The minimum absolute atomic E-state index is 0.0408. The van der Waals surface area contributed by atoms with Crippen LogP contribution in [0.5, 0.6) is 0 Å². The first-order valence-electron chi connectivity index (χ1n) is 6.57. The molecular formula is C13H24N2O2S. The SMILES string of the molecule is C=CCSCCNC(=O)C1COCC1NCCC. The summed E-state index contributed by atoms with van der Waals surface area (Å²) in [6, 6.07) is 0.172. The molecule has 0 spiro atoms. The number of thioether (sulfide) groups is 1. The highest BCUT2D eigenvalue weighted by molar-refractivity contribution is 7.99. The third-order valence-corrected chi connectivity index (χ3v) is 3.82. The first kappa shape index (κ1) is 15.5. The van der Waals surface area contributed by atoms with Gasteiger partial charge in [-0.25, -0.2) is 0 Å². The van der Waals surface area contributed by atoms with Gasteiger partial charge in [0.1, 0.15) is 0 Å². The second-order valence-electron chi connectivity index (χ2n) is 4.36. The van der Waals surface area contributed by atoms with Crippen molar-refractivity contribution >= 4 is 17.7 Å². The molecule has 4 nitrogen and oxygen atoms in total. The number of rotatable bonds is 9. The van der Waals surface area contributed by atoms with E-state index in [4.69, 9.17) is 4.74 Å². The summed E-state index contributed by atoms with van der Waals surface area (Å²) in [5.74, 6) is 1.93. The second kappa shape index (κ2) is 9.42. The van der Waals surface area contributed by atoms with Gasteiger partial charge in [0.15, 0.2) is 0 Å². The molecule has 1 amide bonds. The fourth-order valence-electron chi connectivity index (χ4n) is 1.89. The molecule has 1 fully saturated rings. The van der Waals surface area contributed by atoms with Crippen LogP contribution in [-0.2, 0) is 9.53 Å². The minimum Gasteiger partial charge on any atom is -0.379 e. The Hall–Kier alpha value is -0.520. The zero-order chi connectivity index (χ0) is 13.2. The number of carbonyl (C=O) groups is 1. The van der Waals surface area contributed by atoms with Crippen LogP contribution in [0, 0.1) is 5.92 Å². The Balaban J connectivity index is 2.20. The molecule has 2 N–H and O–H groups in total. The smallest absolute Gasteiger partial charge is 0.227 e. The van der Waals surface area contributed by atoms with Gasteiger partial charge < -0.3 is 15.4 Å². The lowest BCUT2D eigenvalue weighted by Gasteiger charge is -2.18. The molecule has 0 bridgehead atoms. The van der Waals surface area contributed by atoms with Gasteiger partial charge in [-0.1, -0.05) is 13.0 Å². The zero-order valence-corrected chi connectivity index (χ0v) is 11.9. The molecule has 0 radical (unpaired) electrons. The lowest BCUT2D eigenvalue weighted by molar-refractivity contribution is -0.125. The molecule has 1 saturated heterocycles. The maximum atomic E-state index is 12.0. The van der Waals surface area contributed by atoms with Crippen molar-refractivity contribution in [1.82, 2.24) is 10.6 Å². The molecular weight excluding hydrogens is 248 g/mol. The molecule has 0 saturated carbocycles. The molecule has 104 valence electrons. The maximum Gasteiger partial charge on any atom is 0.227 e. The van der Waals surface area contributed by atoms with Crippen LogP contribution in [0.3, 0.4) is 0 Å². The highest BCUT2D eigenvalue weighted by atomic mass is 32.2. The summed E-state index contributed by atoms with van der Waals surface area (Å²) in [6.07, 6.45) is 2.95. The van der Waals surface area contributed by atoms with Crippen molar-refractivity contribution in [3.63, 3.8) is 0 Å². The predicted molar refractivity (Wildman–Crippen MR) is 76.9 cm³/mol. The molecule has 18 heavy (non-hydrogen) atoms. The Labute approximate surface area is 114 Å². The lowest BCUT2D eigenvalue weighted by atomic mass is 10.0. The first-order chi connectivity index (χ1) is 8.79. The van der Waals surface area contributed by atoms with Crippen LogP contribution < -0.4 is 10.6 Å². The van der Waals surface area contributed by atoms with Crippen LogP contribution >= 0.6 is 11.8 Å². The van der Waals surface area contributed by atoms with Gasteiger partial charge in [0, 0.05) is 24.1 Å². The fourth-order valence-corrected chi connectivity index (χ4v) is 2.47. The number of nitrogens with one attached hydrogen (secondary N) is 2. The van der Waals surface area contributed by atoms with E-state index < -0.39 is 0 Å². The van der Waals surface area contributed by atoms with Gasteiger partial charge in [-0.15, -0.1) is 6.58 Å². The normalized spacial score (nSPS) is 22.9. The highest BCUT2D eigenvalue weighted by Crippen LogP contribution is 2.13. The number of carbonyl (C=O) groups excluding carboxylic acids is 1. The van der Waals surface area contributed by atoms with Crippen molar-refractivity contribution in [3.05, 3.63) is 12.7 Å². The summed E-state index contributed by atoms with van der Waals surface area (Å²) in [6.45, 7) is 8.61. The predicted octanol–water partition coefficient (Wildman–Crippen LogP) is 1.04. The summed E-state index contributed by atoms with van der Waals surface area (Å²) in [5.41, 5.74) is 0. The average molecular weight is 272 g/mol. The Kier molecular flexibility index (Phi) is 8.13. The molecule has 0 aromatic rings. The van der Waals surface area contributed by atoms with Crippen molar-refractivity contribution in [2.45, 2.75) is 19.4 Å². The second-order valence-corrected chi connectivity index (χ2v) is 5.51. The Morgan fingerprint density at radius 1 is 1.50 bits per heavy atom. The topological polar surface area (TPSA) is 50.4 Å². The van der Waals surface area contributed by atoms with Crippen molar-refractivity contribution < 1.29 is 9.53 Å². The quantitative estimate of drug-likeness (QED) is 0.486. The lowest BCUT2D eigenvalue weighted by Crippen LogP contribution is -2.44. The van der Waals surface area contributed by atoms with Crippen molar-refractivity contribution in [2.24, 2.45) is 5.92 Å². The third-order valence-electron chi connectivity index (χ3n) is 2.86. The van der Waals surface area contributed by atoms with E-state index in [0.717, 1.165) is 24.5 Å². The molecule has 1 heterocycles. The van der Waals surface area contributed by atoms with E-state index >= 15 is 0 Å². The zero-order valence-electron chi connectivity index (χ0n) is 11.1. The molecule has 1 aliphatic rings. The number of hydrogen-bond acceptors (Lipinski definition) is 4.